The lowest BCUT2D eigenvalue weighted by Gasteiger charge is -2.29. The quantitative estimate of drug-likeness (QED) is 0.420. The molecule has 2 unspecified atom stereocenters. The van der Waals surface area contributed by atoms with Crippen molar-refractivity contribution in [3.63, 3.8) is 0 Å². The summed E-state index contributed by atoms with van der Waals surface area (Å²) in [5.74, 6) is 0.697. The van der Waals surface area contributed by atoms with E-state index in [-0.39, 0.29) is 0 Å². The molecule has 34 heavy (non-hydrogen) atoms. The molecule has 2 atom stereocenters. The number of para-hydroxylation sites is 1. The molecule has 0 heterocycles. The Balaban J connectivity index is 0.000000202. The third-order valence-corrected chi connectivity index (χ3v) is 5.87. The van der Waals surface area contributed by atoms with Crippen LogP contribution in [0.25, 0.3) is 0 Å². The van der Waals surface area contributed by atoms with E-state index in [4.69, 9.17) is 0 Å². The maximum absolute atomic E-state index is 3.97. The number of nitrogens with one attached hydrogen (secondary N) is 1. The zero-order valence-electron chi connectivity index (χ0n) is 20.6. The molecule has 0 spiro atoms. The average Bonchev–Trinajstić information content (AvgIpc) is 2.90. The van der Waals surface area contributed by atoms with Crippen LogP contribution in [-0.2, 0) is 0 Å². The zero-order chi connectivity index (χ0) is 24.0. The van der Waals surface area contributed by atoms with E-state index in [0.717, 1.165) is 31.4 Å². The Kier molecular flexibility index (Phi) is 10.3. The molecule has 0 amide bonds. The van der Waals surface area contributed by atoms with Crippen LogP contribution in [-0.4, -0.2) is 6.04 Å². The fraction of sp³-hybridized carbons (Fsp3) is 0.250. The number of benzene rings is 1. The topological polar surface area (TPSA) is 15.3 Å². The largest absolute Gasteiger partial charge is 0.379 e. The fourth-order valence-corrected chi connectivity index (χ4v) is 4.00. The lowest BCUT2D eigenvalue weighted by atomic mass is 10.0. The number of hydrogen-bond donors (Lipinski definition) is 1. The Morgan fingerprint density at radius 2 is 1.91 bits per heavy atom. The molecule has 0 bridgehead atoms. The van der Waals surface area contributed by atoms with Crippen molar-refractivity contribution in [1.82, 2.24) is 5.32 Å². The molecular weight excluding hydrogens is 412 g/mol. The first-order chi connectivity index (χ1) is 16.7. The van der Waals surface area contributed by atoms with Gasteiger partial charge in [-0.15, -0.1) is 0 Å². The molecule has 0 fully saturated rings. The van der Waals surface area contributed by atoms with Crippen LogP contribution >= 0.6 is 0 Å². The summed E-state index contributed by atoms with van der Waals surface area (Å²) >= 11 is 0. The van der Waals surface area contributed by atoms with Crippen LogP contribution in [0.2, 0.25) is 0 Å². The molecule has 0 saturated carbocycles. The van der Waals surface area contributed by atoms with E-state index in [9.17, 15) is 0 Å². The normalized spacial score (nSPS) is 21.4. The number of allylic oxidation sites excluding steroid dienone is 13. The summed E-state index contributed by atoms with van der Waals surface area (Å²) in [6.45, 7) is 8.23. The van der Waals surface area contributed by atoms with Gasteiger partial charge in [0.25, 0.3) is 0 Å². The van der Waals surface area contributed by atoms with Crippen molar-refractivity contribution < 1.29 is 0 Å². The van der Waals surface area contributed by atoms with Gasteiger partial charge in [0.2, 0.25) is 0 Å². The van der Waals surface area contributed by atoms with Gasteiger partial charge >= 0.3 is 0 Å². The number of anilines is 1. The van der Waals surface area contributed by atoms with E-state index < -0.39 is 0 Å². The highest BCUT2D eigenvalue weighted by atomic mass is 15.2. The van der Waals surface area contributed by atoms with E-state index in [1.165, 1.54) is 17.1 Å². The van der Waals surface area contributed by atoms with Gasteiger partial charge in [-0.25, -0.2) is 0 Å². The minimum absolute atomic E-state index is 0.476. The van der Waals surface area contributed by atoms with Crippen LogP contribution in [0.5, 0.6) is 0 Å². The van der Waals surface area contributed by atoms with Crippen molar-refractivity contribution in [3.05, 3.63) is 139 Å². The zero-order valence-corrected chi connectivity index (χ0v) is 20.6. The smallest absolute Gasteiger partial charge is 0.0481 e. The summed E-state index contributed by atoms with van der Waals surface area (Å²) in [5.41, 5.74) is 4.84. The lowest BCUT2D eigenvalue weighted by molar-refractivity contribution is 0.658. The SMILES string of the molecule is C=C/C(=C\C=C\C)N(C1=CC=CCC1)c1ccccc1.CC1C=CC(NC2C=CC=CC2)=CC1. The first kappa shape index (κ1) is 25.1. The minimum atomic E-state index is 0.476. The van der Waals surface area contributed by atoms with Crippen LogP contribution in [0.3, 0.4) is 0 Å². The van der Waals surface area contributed by atoms with Crippen LogP contribution in [0.1, 0.15) is 39.5 Å². The van der Waals surface area contributed by atoms with Gasteiger partial charge in [0.1, 0.15) is 0 Å². The first-order valence-electron chi connectivity index (χ1n) is 12.4. The molecule has 0 radical (unpaired) electrons. The summed E-state index contributed by atoms with van der Waals surface area (Å²) < 4.78 is 0. The van der Waals surface area contributed by atoms with Gasteiger partial charge in [-0.2, -0.15) is 0 Å². The van der Waals surface area contributed by atoms with Gasteiger partial charge < -0.3 is 10.2 Å². The van der Waals surface area contributed by atoms with Gasteiger partial charge in [0, 0.05) is 28.8 Å². The van der Waals surface area contributed by atoms with E-state index in [2.05, 4.69) is 115 Å². The highest BCUT2D eigenvalue weighted by Crippen LogP contribution is 2.29. The molecule has 4 rings (SSSR count). The average molecular weight is 451 g/mol. The van der Waals surface area contributed by atoms with E-state index in [1.807, 2.05) is 31.2 Å². The van der Waals surface area contributed by atoms with Gasteiger partial charge in [-0.1, -0.05) is 92.5 Å². The molecule has 3 aliphatic rings. The molecule has 1 aromatic rings. The van der Waals surface area contributed by atoms with E-state index in [1.54, 1.807) is 0 Å². The maximum Gasteiger partial charge on any atom is 0.0481 e. The maximum atomic E-state index is 3.97. The van der Waals surface area contributed by atoms with Crippen molar-refractivity contribution in [1.29, 1.82) is 0 Å². The minimum Gasteiger partial charge on any atom is -0.379 e. The fourth-order valence-electron chi connectivity index (χ4n) is 4.00. The molecule has 1 N–H and O–H groups in total. The molecule has 2 nitrogen and oxygen atoms in total. The molecule has 0 saturated heterocycles. The van der Waals surface area contributed by atoms with Crippen LogP contribution in [0.4, 0.5) is 5.69 Å². The third kappa shape index (κ3) is 7.81. The van der Waals surface area contributed by atoms with E-state index in [0.29, 0.717) is 12.0 Å². The molecule has 1 aromatic carbocycles. The lowest BCUT2D eigenvalue weighted by Crippen LogP contribution is -2.26. The molecule has 176 valence electrons. The Hall–Kier alpha value is -3.52. The summed E-state index contributed by atoms with van der Waals surface area (Å²) in [7, 11) is 0. The summed E-state index contributed by atoms with van der Waals surface area (Å²) in [4.78, 5) is 2.27. The van der Waals surface area contributed by atoms with Gasteiger partial charge in [-0.05, 0) is 75.0 Å². The van der Waals surface area contributed by atoms with Crippen LogP contribution < -0.4 is 10.2 Å². The van der Waals surface area contributed by atoms with Crippen molar-refractivity contribution in [3.8, 4) is 0 Å². The number of nitrogens with zero attached hydrogens (tertiary/aromatic N) is 1. The number of hydrogen-bond acceptors (Lipinski definition) is 2. The van der Waals surface area contributed by atoms with Crippen molar-refractivity contribution in [2.75, 3.05) is 4.90 Å². The Morgan fingerprint density at radius 3 is 2.53 bits per heavy atom. The first-order valence-corrected chi connectivity index (χ1v) is 12.4. The second-order valence-corrected chi connectivity index (χ2v) is 8.65. The predicted octanol–water partition coefficient (Wildman–Crippen LogP) is 8.31. The molecule has 3 aliphatic carbocycles. The highest BCUT2D eigenvalue weighted by Gasteiger charge is 2.15. The molecule has 2 heteroatoms. The Labute approximate surface area is 206 Å². The Morgan fingerprint density at radius 1 is 1.06 bits per heavy atom. The summed E-state index contributed by atoms with van der Waals surface area (Å²) in [6, 6.07) is 10.9. The van der Waals surface area contributed by atoms with Gasteiger partial charge in [-0.3, -0.25) is 0 Å². The predicted molar refractivity (Wildman–Crippen MR) is 149 cm³/mol. The van der Waals surface area contributed by atoms with Crippen LogP contribution in [0, 0.1) is 5.92 Å². The van der Waals surface area contributed by atoms with Gasteiger partial charge in [0.15, 0.2) is 0 Å². The van der Waals surface area contributed by atoms with Crippen molar-refractivity contribution in [2.24, 2.45) is 5.92 Å². The summed E-state index contributed by atoms with van der Waals surface area (Å²) in [6.07, 6.45) is 34.4. The summed E-state index contributed by atoms with van der Waals surface area (Å²) in [5, 5.41) is 3.51. The molecular formula is C32H38N2. The second kappa shape index (κ2) is 13.9. The van der Waals surface area contributed by atoms with Crippen molar-refractivity contribution in [2.45, 2.75) is 45.6 Å². The Bertz CT molecular complexity index is 1030. The van der Waals surface area contributed by atoms with Gasteiger partial charge in [0.05, 0.1) is 0 Å². The monoisotopic (exact) mass is 450 g/mol. The standard InChI is InChI=1S/C19H21N.C13H17N/c1-3-5-12-17(4-2)20(18-13-8-6-9-14-18)19-15-10-7-11-16-19;1-11-7-9-13(10-8-11)14-12-5-3-2-4-6-12/h3-10,12-15H,2,11,16H2,1H3;2-5,7,9-12,14H,6,8H2,1H3/b5-3+,17-12+;. The van der Waals surface area contributed by atoms with Crippen molar-refractivity contribution >= 4 is 5.69 Å². The third-order valence-electron chi connectivity index (χ3n) is 5.87. The van der Waals surface area contributed by atoms with E-state index >= 15 is 0 Å². The molecule has 0 aromatic heterocycles. The highest BCUT2D eigenvalue weighted by molar-refractivity contribution is 5.61. The molecule has 0 aliphatic heterocycles. The second-order valence-electron chi connectivity index (χ2n) is 8.65. The van der Waals surface area contributed by atoms with Crippen LogP contribution in [0.15, 0.2) is 139 Å². The number of rotatable bonds is 7.